The summed E-state index contributed by atoms with van der Waals surface area (Å²) >= 11 is 0. The number of amides is 2. The highest BCUT2D eigenvalue weighted by molar-refractivity contribution is 5.82. The lowest BCUT2D eigenvalue weighted by Crippen LogP contribution is -2.60. The summed E-state index contributed by atoms with van der Waals surface area (Å²) in [5.41, 5.74) is 0.934. The molecule has 3 unspecified atom stereocenters. The van der Waals surface area contributed by atoms with Gasteiger partial charge >= 0.3 is 12.0 Å². The molecule has 5 nitrogen and oxygen atoms in total. The van der Waals surface area contributed by atoms with Crippen molar-refractivity contribution < 1.29 is 14.3 Å². The molecule has 3 atom stereocenters. The van der Waals surface area contributed by atoms with Gasteiger partial charge < -0.3 is 15.0 Å². The van der Waals surface area contributed by atoms with Crippen LogP contribution < -0.4 is 5.32 Å². The second-order valence-electron chi connectivity index (χ2n) is 5.77. The predicted molar refractivity (Wildman–Crippen MR) is 77.5 cm³/mol. The molecule has 0 aromatic heterocycles. The summed E-state index contributed by atoms with van der Waals surface area (Å²) in [7, 11) is 1.40. The van der Waals surface area contributed by atoms with Crippen LogP contribution in [-0.2, 0) is 9.53 Å². The third kappa shape index (κ3) is 2.48. The van der Waals surface area contributed by atoms with Crippen molar-refractivity contribution >= 4 is 12.0 Å². The lowest BCUT2D eigenvalue weighted by Gasteiger charge is -2.43. The van der Waals surface area contributed by atoms with E-state index in [1.165, 1.54) is 7.11 Å². The summed E-state index contributed by atoms with van der Waals surface area (Å²) in [6, 6.07) is 9.28. The van der Waals surface area contributed by atoms with Crippen molar-refractivity contribution in [2.45, 2.75) is 37.9 Å². The average molecular weight is 288 g/mol. The number of hydrogen-bond donors (Lipinski definition) is 1. The van der Waals surface area contributed by atoms with Crippen molar-refractivity contribution in [3.05, 3.63) is 35.9 Å². The summed E-state index contributed by atoms with van der Waals surface area (Å²) in [5.74, 6) is -0.669. The summed E-state index contributed by atoms with van der Waals surface area (Å²) in [4.78, 5) is 26.5. The highest BCUT2D eigenvalue weighted by atomic mass is 16.5. The average Bonchev–Trinajstić information content (AvgIpc) is 3.31. The molecule has 2 fully saturated rings. The SMILES string of the molecule is COC(=O)C1C(c2ccccc2)NC(=O)N(C2CC2)C1C. The van der Waals surface area contributed by atoms with Crippen LogP contribution in [-0.4, -0.2) is 36.1 Å². The van der Waals surface area contributed by atoms with Crippen molar-refractivity contribution in [2.75, 3.05) is 7.11 Å². The van der Waals surface area contributed by atoms with Crippen LogP contribution in [0.4, 0.5) is 4.79 Å². The largest absolute Gasteiger partial charge is 0.469 e. The Kier molecular flexibility index (Phi) is 3.57. The fourth-order valence-corrected chi connectivity index (χ4v) is 3.21. The summed E-state index contributed by atoms with van der Waals surface area (Å²) in [6.45, 7) is 1.94. The number of carbonyl (C=O) groups excluding carboxylic acids is 2. The lowest BCUT2D eigenvalue weighted by atomic mass is 9.85. The second kappa shape index (κ2) is 5.39. The number of nitrogens with one attached hydrogen (secondary N) is 1. The summed E-state index contributed by atoms with van der Waals surface area (Å²) < 4.78 is 4.98. The smallest absolute Gasteiger partial charge is 0.318 e. The standard InChI is InChI=1S/C16H20N2O3/c1-10-13(15(19)21-2)14(11-6-4-3-5-7-11)17-16(20)18(10)12-8-9-12/h3-7,10,12-14H,8-9H2,1-2H3,(H,17,20). The van der Waals surface area contributed by atoms with Crippen molar-refractivity contribution in [3.63, 3.8) is 0 Å². The number of nitrogens with zero attached hydrogens (tertiary/aromatic N) is 1. The normalized spacial score (nSPS) is 29.0. The van der Waals surface area contributed by atoms with Gasteiger partial charge in [0.05, 0.1) is 13.2 Å². The van der Waals surface area contributed by atoms with E-state index in [0.717, 1.165) is 18.4 Å². The number of carbonyl (C=O) groups is 2. The molecule has 5 heteroatoms. The quantitative estimate of drug-likeness (QED) is 0.866. The minimum absolute atomic E-state index is 0.0843. The highest BCUT2D eigenvalue weighted by Gasteiger charge is 2.49. The Morgan fingerprint density at radius 3 is 2.52 bits per heavy atom. The van der Waals surface area contributed by atoms with E-state index in [1.807, 2.05) is 37.3 Å². The fraction of sp³-hybridized carbons (Fsp3) is 0.500. The third-order valence-corrected chi connectivity index (χ3v) is 4.40. The van der Waals surface area contributed by atoms with E-state index in [4.69, 9.17) is 4.74 Å². The number of benzene rings is 1. The zero-order valence-corrected chi connectivity index (χ0v) is 12.3. The van der Waals surface area contributed by atoms with Gasteiger partial charge in [-0.2, -0.15) is 0 Å². The van der Waals surface area contributed by atoms with E-state index in [1.54, 1.807) is 4.90 Å². The van der Waals surface area contributed by atoms with E-state index in [2.05, 4.69) is 5.32 Å². The van der Waals surface area contributed by atoms with Gasteiger partial charge in [0.15, 0.2) is 0 Å². The number of esters is 1. The van der Waals surface area contributed by atoms with E-state index >= 15 is 0 Å². The minimum atomic E-state index is -0.393. The number of hydrogen-bond acceptors (Lipinski definition) is 3. The molecule has 2 amide bonds. The van der Waals surface area contributed by atoms with Crippen molar-refractivity contribution in [3.8, 4) is 0 Å². The van der Waals surface area contributed by atoms with Crippen molar-refractivity contribution in [1.29, 1.82) is 0 Å². The molecule has 2 aliphatic rings. The minimum Gasteiger partial charge on any atom is -0.469 e. The molecule has 1 aromatic carbocycles. The predicted octanol–water partition coefficient (Wildman–Crippen LogP) is 2.09. The first kappa shape index (κ1) is 13.9. The van der Waals surface area contributed by atoms with Gasteiger partial charge in [0.25, 0.3) is 0 Å². The lowest BCUT2D eigenvalue weighted by molar-refractivity contribution is -0.149. The first-order valence-electron chi connectivity index (χ1n) is 7.35. The monoisotopic (exact) mass is 288 g/mol. The molecule has 1 saturated carbocycles. The molecule has 3 rings (SSSR count). The third-order valence-electron chi connectivity index (χ3n) is 4.40. The van der Waals surface area contributed by atoms with Gasteiger partial charge in [-0.15, -0.1) is 0 Å². The molecule has 1 aliphatic heterocycles. The van der Waals surface area contributed by atoms with E-state index in [-0.39, 0.29) is 30.1 Å². The molecule has 1 heterocycles. The topological polar surface area (TPSA) is 58.6 Å². The van der Waals surface area contributed by atoms with Gasteiger partial charge in [0, 0.05) is 12.1 Å². The Balaban J connectivity index is 1.94. The molecule has 0 radical (unpaired) electrons. The van der Waals surface area contributed by atoms with Gasteiger partial charge in [0.1, 0.15) is 5.92 Å². The summed E-state index contributed by atoms with van der Waals surface area (Å²) in [5, 5.41) is 2.99. The maximum atomic E-state index is 12.4. The van der Waals surface area contributed by atoms with E-state index in [9.17, 15) is 9.59 Å². The first-order chi connectivity index (χ1) is 10.1. The first-order valence-corrected chi connectivity index (χ1v) is 7.35. The van der Waals surface area contributed by atoms with Crippen molar-refractivity contribution in [2.24, 2.45) is 5.92 Å². The van der Waals surface area contributed by atoms with Gasteiger partial charge in [-0.25, -0.2) is 4.79 Å². The Bertz CT molecular complexity index is 542. The molecule has 1 aromatic rings. The van der Waals surface area contributed by atoms with E-state index in [0.29, 0.717) is 0 Å². The second-order valence-corrected chi connectivity index (χ2v) is 5.77. The molecule has 1 saturated heterocycles. The van der Waals surface area contributed by atoms with Crippen molar-refractivity contribution in [1.82, 2.24) is 10.2 Å². The maximum absolute atomic E-state index is 12.4. The number of urea groups is 1. The highest BCUT2D eigenvalue weighted by Crippen LogP contribution is 2.38. The Morgan fingerprint density at radius 1 is 1.29 bits per heavy atom. The fourth-order valence-electron chi connectivity index (χ4n) is 3.21. The van der Waals surface area contributed by atoms with E-state index < -0.39 is 5.92 Å². The van der Waals surface area contributed by atoms with Crippen LogP contribution in [0.15, 0.2) is 30.3 Å². The van der Waals surface area contributed by atoms with Gasteiger partial charge in [0.2, 0.25) is 0 Å². The molecular formula is C16H20N2O3. The van der Waals surface area contributed by atoms with Crippen LogP contribution in [0.3, 0.4) is 0 Å². The molecule has 0 spiro atoms. The zero-order chi connectivity index (χ0) is 15.0. The van der Waals surface area contributed by atoms with Gasteiger partial charge in [-0.3, -0.25) is 4.79 Å². The Labute approximate surface area is 124 Å². The molecule has 21 heavy (non-hydrogen) atoms. The number of ether oxygens (including phenoxy) is 1. The molecule has 1 N–H and O–H groups in total. The molecule has 0 bridgehead atoms. The molecule has 1 aliphatic carbocycles. The molecule has 112 valence electrons. The van der Waals surface area contributed by atoms with Crippen LogP contribution in [0.5, 0.6) is 0 Å². The number of methoxy groups -OCH3 is 1. The van der Waals surface area contributed by atoms with Gasteiger partial charge in [-0.1, -0.05) is 30.3 Å². The molecular weight excluding hydrogens is 268 g/mol. The van der Waals surface area contributed by atoms with Crippen LogP contribution in [0.25, 0.3) is 0 Å². The van der Waals surface area contributed by atoms with Crippen LogP contribution in [0.1, 0.15) is 31.4 Å². The summed E-state index contributed by atoms with van der Waals surface area (Å²) in [6.07, 6.45) is 2.03. The van der Waals surface area contributed by atoms with Crippen LogP contribution >= 0.6 is 0 Å². The Hall–Kier alpha value is -2.04. The number of rotatable bonds is 3. The maximum Gasteiger partial charge on any atom is 0.318 e. The van der Waals surface area contributed by atoms with Gasteiger partial charge in [-0.05, 0) is 25.3 Å². The van der Waals surface area contributed by atoms with Crippen LogP contribution in [0, 0.1) is 5.92 Å². The van der Waals surface area contributed by atoms with Crippen LogP contribution in [0.2, 0.25) is 0 Å². The Morgan fingerprint density at radius 2 is 1.95 bits per heavy atom. The zero-order valence-electron chi connectivity index (χ0n) is 12.3.